The lowest BCUT2D eigenvalue weighted by atomic mass is 10.3. The molecule has 0 radical (unpaired) electrons. The fourth-order valence-electron chi connectivity index (χ4n) is 3.31. The third kappa shape index (κ3) is 4.17. The smallest absolute Gasteiger partial charge is 0.434 e. The van der Waals surface area contributed by atoms with Gasteiger partial charge < -0.3 is 9.47 Å². The average Bonchev–Trinajstić information content (AvgIpc) is 2.88. The van der Waals surface area contributed by atoms with Crippen molar-refractivity contribution in [2.24, 2.45) is 0 Å². The summed E-state index contributed by atoms with van der Waals surface area (Å²) in [5.74, 6) is 6.48. The highest BCUT2D eigenvalue weighted by Crippen LogP contribution is 2.44. The Kier molecular flexibility index (Phi) is 5.42. The quantitative estimate of drug-likeness (QED) is 0.246. The highest BCUT2D eigenvalue weighted by molar-refractivity contribution is 5.60. The van der Waals surface area contributed by atoms with E-state index in [0.717, 1.165) is 32.4 Å². The molecule has 3 aliphatic rings. The minimum Gasteiger partial charge on any atom is -0.434 e. The van der Waals surface area contributed by atoms with E-state index in [-0.39, 0.29) is 12.3 Å². The Morgan fingerprint density at radius 3 is 2.91 bits per heavy atom. The Morgan fingerprint density at radius 2 is 2.17 bits per heavy atom. The lowest BCUT2D eigenvalue weighted by Crippen LogP contribution is -2.27. The summed E-state index contributed by atoms with van der Waals surface area (Å²) >= 11 is 0. The molecule has 6 nitrogen and oxygen atoms in total. The Labute approximate surface area is 138 Å². The Balaban J connectivity index is 1.37. The van der Waals surface area contributed by atoms with Crippen LogP contribution in [0.1, 0.15) is 39.0 Å². The SMILES string of the molecule is CCCCOC(=O)OC1CC[N@+]2(CC#CCN3CCCC3)OC12. The number of hydroxylamine groups is 3. The molecule has 6 heteroatoms. The molecule has 23 heavy (non-hydrogen) atoms. The molecule has 128 valence electrons. The van der Waals surface area contributed by atoms with Gasteiger partial charge >= 0.3 is 12.4 Å². The van der Waals surface area contributed by atoms with E-state index >= 15 is 0 Å². The number of carbonyl (C=O) groups excluding carboxylic acids is 1. The van der Waals surface area contributed by atoms with Crippen LogP contribution in [0.25, 0.3) is 0 Å². The zero-order chi connectivity index (χ0) is 16.1. The highest BCUT2D eigenvalue weighted by atomic mass is 16.9. The lowest BCUT2D eigenvalue weighted by molar-refractivity contribution is -0.908. The van der Waals surface area contributed by atoms with Gasteiger partial charge in [-0.15, -0.1) is 9.48 Å². The fraction of sp³-hybridized carbons (Fsp3) is 0.824. The van der Waals surface area contributed by atoms with Crippen LogP contribution < -0.4 is 0 Å². The number of ether oxygens (including phenoxy) is 2. The molecular formula is C17H27N2O4+. The molecule has 3 atom stereocenters. The number of fused-ring (bicyclic) bond motifs is 1. The summed E-state index contributed by atoms with van der Waals surface area (Å²) in [4.78, 5) is 19.7. The van der Waals surface area contributed by atoms with Crippen molar-refractivity contribution < 1.29 is 23.8 Å². The normalized spacial score (nSPS) is 32.0. The molecule has 0 aliphatic carbocycles. The molecule has 0 bridgehead atoms. The molecular weight excluding hydrogens is 296 g/mol. The topological polar surface area (TPSA) is 51.3 Å². The molecule has 3 saturated heterocycles. The van der Waals surface area contributed by atoms with Gasteiger partial charge in [0.05, 0.1) is 13.2 Å². The van der Waals surface area contributed by atoms with Gasteiger partial charge in [-0.25, -0.2) is 4.79 Å². The van der Waals surface area contributed by atoms with Crippen LogP contribution in [-0.4, -0.2) is 67.4 Å². The predicted molar refractivity (Wildman–Crippen MR) is 84.1 cm³/mol. The molecule has 2 unspecified atom stereocenters. The Morgan fingerprint density at radius 1 is 1.35 bits per heavy atom. The van der Waals surface area contributed by atoms with Crippen LogP contribution in [0, 0.1) is 11.8 Å². The van der Waals surface area contributed by atoms with Gasteiger partial charge in [0.15, 0.2) is 12.6 Å². The molecule has 0 spiro atoms. The number of quaternary nitrogens is 1. The first-order chi connectivity index (χ1) is 11.2. The van der Waals surface area contributed by atoms with E-state index in [9.17, 15) is 4.79 Å². The molecule has 0 aromatic heterocycles. The van der Waals surface area contributed by atoms with Gasteiger partial charge in [-0.1, -0.05) is 19.3 Å². The molecule has 3 aliphatic heterocycles. The van der Waals surface area contributed by atoms with E-state index in [2.05, 4.69) is 23.7 Å². The number of rotatable bonds is 6. The van der Waals surface area contributed by atoms with Crippen LogP contribution in [0.5, 0.6) is 0 Å². The molecule has 0 aromatic rings. The average molecular weight is 323 g/mol. The van der Waals surface area contributed by atoms with Gasteiger partial charge in [0.25, 0.3) is 0 Å². The van der Waals surface area contributed by atoms with Crippen molar-refractivity contribution in [3.8, 4) is 11.8 Å². The summed E-state index contributed by atoms with van der Waals surface area (Å²) in [7, 11) is 0. The molecule has 0 amide bonds. The number of unbranched alkanes of at least 4 members (excludes halogenated alkanes) is 1. The van der Waals surface area contributed by atoms with Crippen molar-refractivity contribution in [1.82, 2.24) is 4.90 Å². The van der Waals surface area contributed by atoms with Crippen molar-refractivity contribution in [2.45, 2.75) is 51.4 Å². The zero-order valence-corrected chi connectivity index (χ0v) is 14.0. The van der Waals surface area contributed by atoms with E-state index in [0.29, 0.717) is 17.8 Å². The number of nitrogens with zero attached hydrogens (tertiary/aromatic N) is 2. The first-order valence-electron chi connectivity index (χ1n) is 8.80. The van der Waals surface area contributed by atoms with Gasteiger partial charge in [0, 0.05) is 6.42 Å². The van der Waals surface area contributed by atoms with Gasteiger partial charge in [0.1, 0.15) is 6.54 Å². The van der Waals surface area contributed by atoms with E-state index in [1.807, 2.05) is 0 Å². The van der Waals surface area contributed by atoms with Crippen molar-refractivity contribution >= 4 is 6.16 Å². The van der Waals surface area contributed by atoms with Crippen LogP contribution in [0.15, 0.2) is 0 Å². The van der Waals surface area contributed by atoms with E-state index in [1.54, 1.807) is 0 Å². The number of carbonyl (C=O) groups is 1. The van der Waals surface area contributed by atoms with Crippen LogP contribution in [0.3, 0.4) is 0 Å². The summed E-state index contributed by atoms with van der Waals surface area (Å²) in [5.41, 5.74) is 0. The number of hydrogen-bond acceptors (Lipinski definition) is 5. The predicted octanol–water partition coefficient (Wildman–Crippen LogP) is 1.90. The summed E-state index contributed by atoms with van der Waals surface area (Å²) in [5, 5.41) is 0. The zero-order valence-electron chi connectivity index (χ0n) is 14.0. The minimum atomic E-state index is -0.570. The van der Waals surface area contributed by atoms with Gasteiger partial charge in [-0.3, -0.25) is 4.90 Å². The first kappa shape index (κ1) is 16.6. The number of hydrogen-bond donors (Lipinski definition) is 0. The first-order valence-corrected chi connectivity index (χ1v) is 8.80. The second-order valence-corrected chi connectivity index (χ2v) is 6.56. The van der Waals surface area contributed by atoms with Gasteiger partial charge in [0.2, 0.25) is 0 Å². The van der Waals surface area contributed by atoms with Gasteiger partial charge in [-0.2, -0.15) is 0 Å². The third-order valence-electron chi connectivity index (χ3n) is 4.78. The van der Waals surface area contributed by atoms with E-state index in [1.165, 1.54) is 25.9 Å². The van der Waals surface area contributed by atoms with Crippen molar-refractivity contribution in [1.29, 1.82) is 0 Å². The fourth-order valence-corrected chi connectivity index (χ4v) is 3.31. The van der Waals surface area contributed by atoms with Gasteiger partial charge in [-0.05, 0) is 38.3 Å². The van der Waals surface area contributed by atoms with Crippen LogP contribution >= 0.6 is 0 Å². The Hall–Kier alpha value is -1.29. The monoisotopic (exact) mass is 323 g/mol. The summed E-state index contributed by atoms with van der Waals surface area (Å²) in [6.45, 7) is 7.22. The molecule has 3 heterocycles. The van der Waals surface area contributed by atoms with Crippen molar-refractivity contribution in [3.63, 3.8) is 0 Å². The third-order valence-corrected chi connectivity index (χ3v) is 4.78. The second-order valence-electron chi connectivity index (χ2n) is 6.56. The summed E-state index contributed by atoms with van der Waals surface area (Å²) in [6, 6.07) is 0. The van der Waals surface area contributed by atoms with Crippen molar-refractivity contribution in [2.75, 3.05) is 39.3 Å². The summed E-state index contributed by atoms with van der Waals surface area (Å²) < 4.78 is 10.9. The lowest BCUT2D eigenvalue weighted by Gasteiger charge is -2.08. The standard InChI is InChI=1S/C17H27N2O4/c1-2-3-14-21-17(20)22-15-8-13-19(16(15)23-19)12-7-6-11-18-9-4-5-10-18/h15-16H,2-5,8-14H2,1H3/q+1/t15?,16?,19-/m0/s1. The Bertz CT molecular complexity index is 481. The van der Waals surface area contributed by atoms with E-state index < -0.39 is 6.16 Å². The van der Waals surface area contributed by atoms with Crippen LogP contribution in [-0.2, 0) is 14.3 Å². The summed E-state index contributed by atoms with van der Waals surface area (Å²) in [6.07, 6.45) is 4.46. The molecule has 0 aromatic carbocycles. The maximum atomic E-state index is 11.6. The number of likely N-dealkylation sites (tertiary alicyclic amines) is 1. The van der Waals surface area contributed by atoms with Crippen LogP contribution in [0.4, 0.5) is 4.79 Å². The maximum Gasteiger partial charge on any atom is 0.508 e. The van der Waals surface area contributed by atoms with Crippen molar-refractivity contribution in [3.05, 3.63) is 0 Å². The highest BCUT2D eigenvalue weighted by Gasteiger charge is 2.69. The molecule has 0 N–H and O–H groups in total. The molecule has 3 fully saturated rings. The van der Waals surface area contributed by atoms with Crippen LogP contribution in [0.2, 0.25) is 0 Å². The largest absolute Gasteiger partial charge is 0.508 e. The maximum absolute atomic E-state index is 11.6. The molecule has 0 saturated carbocycles. The molecule has 3 rings (SSSR count). The minimum absolute atomic E-state index is 0.0465. The second kappa shape index (κ2) is 7.52. The van der Waals surface area contributed by atoms with E-state index in [4.69, 9.17) is 14.3 Å².